The van der Waals surface area contributed by atoms with Crippen LogP contribution in [0.5, 0.6) is 0 Å². The summed E-state index contributed by atoms with van der Waals surface area (Å²) in [5.41, 5.74) is 16.2. The third-order valence-electron chi connectivity index (χ3n) is 4.64. The molecule has 0 saturated carbocycles. The molecule has 0 fully saturated rings. The highest BCUT2D eigenvalue weighted by atomic mass is 16.4. The summed E-state index contributed by atoms with van der Waals surface area (Å²) in [7, 11) is 0. The number of amides is 5. The second kappa shape index (κ2) is 12.9. The number of rotatable bonds is 14. The van der Waals surface area contributed by atoms with Crippen LogP contribution in [0.1, 0.15) is 32.4 Å². The number of nitrogens with zero attached hydrogens (tertiary/aromatic N) is 1. The van der Waals surface area contributed by atoms with Gasteiger partial charge in [-0.25, -0.2) is 9.78 Å². The van der Waals surface area contributed by atoms with E-state index in [1.807, 2.05) is 0 Å². The van der Waals surface area contributed by atoms with Crippen molar-refractivity contribution in [2.45, 2.75) is 57.3 Å². The molecule has 5 amide bonds. The Hall–Kier alpha value is -4.01. The second-order valence-electron chi connectivity index (χ2n) is 7.92. The van der Waals surface area contributed by atoms with Crippen molar-refractivity contribution in [1.29, 1.82) is 0 Å². The molecule has 0 saturated heterocycles. The molecule has 1 rings (SSSR count). The van der Waals surface area contributed by atoms with Crippen molar-refractivity contribution in [2.24, 2.45) is 23.1 Å². The normalized spacial score (nSPS) is 14.4. The Morgan fingerprint density at radius 1 is 0.941 bits per heavy atom. The molecule has 15 heteroatoms. The summed E-state index contributed by atoms with van der Waals surface area (Å²) < 4.78 is 0. The van der Waals surface area contributed by atoms with Crippen LogP contribution < -0.4 is 33.2 Å². The second-order valence-corrected chi connectivity index (χ2v) is 7.92. The maximum Gasteiger partial charge on any atom is 0.326 e. The average Bonchev–Trinajstić information content (AvgIpc) is 3.22. The van der Waals surface area contributed by atoms with Gasteiger partial charge in [0, 0.05) is 18.3 Å². The summed E-state index contributed by atoms with van der Waals surface area (Å²) >= 11 is 0. The Morgan fingerprint density at radius 2 is 1.53 bits per heavy atom. The molecule has 0 aliphatic heterocycles. The molecular formula is C19H30N8O7. The highest BCUT2D eigenvalue weighted by Crippen LogP contribution is 2.06. The number of nitrogens with one attached hydrogen (secondary N) is 4. The first-order valence-corrected chi connectivity index (χ1v) is 10.2. The number of hydrogen-bond donors (Lipinski definition) is 8. The van der Waals surface area contributed by atoms with Crippen molar-refractivity contribution in [3.8, 4) is 0 Å². The average molecular weight is 482 g/mol. The van der Waals surface area contributed by atoms with Crippen LogP contribution >= 0.6 is 0 Å². The molecule has 15 nitrogen and oxygen atoms in total. The number of hydrogen-bond acceptors (Lipinski definition) is 8. The third kappa shape index (κ3) is 9.23. The Morgan fingerprint density at radius 3 is 2.00 bits per heavy atom. The van der Waals surface area contributed by atoms with Crippen LogP contribution in [0.3, 0.4) is 0 Å². The van der Waals surface area contributed by atoms with Crippen molar-refractivity contribution < 1.29 is 33.9 Å². The van der Waals surface area contributed by atoms with E-state index in [1.54, 1.807) is 13.8 Å². The van der Waals surface area contributed by atoms with Crippen LogP contribution in [0.2, 0.25) is 0 Å². The van der Waals surface area contributed by atoms with E-state index >= 15 is 0 Å². The molecule has 1 aromatic heterocycles. The monoisotopic (exact) mass is 482 g/mol. The van der Waals surface area contributed by atoms with E-state index in [-0.39, 0.29) is 6.42 Å². The van der Waals surface area contributed by atoms with Gasteiger partial charge in [-0.2, -0.15) is 0 Å². The van der Waals surface area contributed by atoms with E-state index in [9.17, 15) is 33.9 Å². The maximum atomic E-state index is 12.8. The Kier molecular flexibility index (Phi) is 10.6. The fraction of sp³-hybridized carbons (Fsp3) is 0.526. The van der Waals surface area contributed by atoms with Gasteiger partial charge < -0.3 is 43.2 Å². The number of carbonyl (C=O) groups excluding carboxylic acids is 5. The van der Waals surface area contributed by atoms with E-state index in [0.29, 0.717) is 5.69 Å². The van der Waals surface area contributed by atoms with Crippen LogP contribution in [0.15, 0.2) is 12.5 Å². The predicted molar refractivity (Wildman–Crippen MR) is 116 cm³/mol. The van der Waals surface area contributed by atoms with Crippen molar-refractivity contribution >= 4 is 35.5 Å². The summed E-state index contributed by atoms with van der Waals surface area (Å²) in [5.74, 6) is -6.25. The summed E-state index contributed by atoms with van der Waals surface area (Å²) in [6.45, 7) is 3.19. The lowest BCUT2D eigenvalue weighted by Gasteiger charge is -2.26. The minimum atomic E-state index is -1.52. The van der Waals surface area contributed by atoms with Crippen molar-refractivity contribution in [3.05, 3.63) is 18.2 Å². The first kappa shape index (κ1) is 28.0. The van der Waals surface area contributed by atoms with Gasteiger partial charge in [0.25, 0.3) is 0 Å². The number of imidazole rings is 1. The van der Waals surface area contributed by atoms with E-state index in [2.05, 4.69) is 25.9 Å². The van der Waals surface area contributed by atoms with E-state index in [4.69, 9.17) is 17.2 Å². The van der Waals surface area contributed by atoms with Gasteiger partial charge in [0.2, 0.25) is 29.5 Å². The maximum absolute atomic E-state index is 12.8. The number of nitrogens with two attached hydrogens (primary N) is 3. The third-order valence-corrected chi connectivity index (χ3v) is 4.64. The molecule has 0 aliphatic carbocycles. The number of carboxylic acids is 1. The largest absolute Gasteiger partial charge is 0.480 e. The van der Waals surface area contributed by atoms with Crippen molar-refractivity contribution in [1.82, 2.24) is 25.9 Å². The molecule has 188 valence electrons. The highest BCUT2D eigenvalue weighted by molar-refractivity contribution is 5.96. The molecule has 0 radical (unpaired) electrons. The van der Waals surface area contributed by atoms with Crippen LogP contribution in [0.25, 0.3) is 0 Å². The number of carbonyl (C=O) groups is 6. The van der Waals surface area contributed by atoms with Crippen LogP contribution in [-0.2, 0) is 35.2 Å². The van der Waals surface area contributed by atoms with Crippen molar-refractivity contribution in [2.75, 3.05) is 0 Å². The molecule has 34 heavy (non-hydrogen) atoms. The number of H-pyrrole nitrogens is 1. The zero-order chi connectivity index (χ0) is 26.0. The van der Waals surface area contributed by atoms with Crippen LogP contribution in [0, 0.1) is 5.92 Å². The summed E-state index contributed by atoms with van der Waals surface area (Å²) in [5, 5.41) is 16.3. The zero-order valence-electron chi connectivity index (χ0n) is 18.7. The lowest BCUT2D eigenvalue weighted by molar-refractivity contribution is -0.142. The summed E-state index contributed by atoms with van der Waals surface area (Å²) in [6.07, 6.45) is 1.50. The van der Waals surface area contributed by atoms with Gasteiger partial charge in [-0.1, -0.05) is 13.8 Å². The quantitative estimate of drug-likeness (QED) is 0.129. The van der Waals surface area contributed by atoms with E-state index in [0.717, 1.165) is 0 Å². The standard InChI is InChI=1S/C19H30N8O7/c1-8(2)15(27-16(30)10(20)4-13(21)28)18(32)25-11(5-14(22)29)17(31)26-12(19(33)34)3-9-6-23-7-24-9/h6-8,10-12,15H,3-5,20H2,1-2H3,(H2,21,28)(H2,22,29)(H,23,24)(H,25,32)(H,26,31)(H,27,30)(H,33,34). The molecule has 0 bridgehead atoms. The molecule has 0 aromatic carbocycles. The minimum absolute atomic E-state index is 0.138. The molecule has 11 N–H and O–H groups in total. The molecule has 1 heterocycles. The number of aromatic amines is 1. The molecular weight excluding hydrogens is 452 g/mol. The molecule has 0 spiro atoms. The summed E-state index contributed by atoms with van der Waals surface area (Å²) in [6, 6.07) is -5.41. The summed E-state index contributed by atoms with van der Waals surface area (Å²) in [4.78, 5) is 78.2. The fourth-order valence-electron chi connectivity index (χ4n) is 2.87. The van der Waals surface area contributed by atoms with Crippen molar-refractivity contribution in [3.63, 3.8) is 0 Å². The Bertz CT molecular complexity index is 902. The number of carboxylic acid groups (broad SMARTS) is 1. The van der Waals surface area contributed by atoms with Crippen LogP contribution in [-0.4, -0.2) is 74.7 Å². The van der Waals surface area contributed by atoms with Gasteiger partial charge in [-0.05, 0) is 5.92 Å². The first-order chi connectivity index (χ1) is 15.8. The number of primary amides is 2. The minimum Gasteiger partial charge on any atom is -0.480 e. The zero-order valence-corrected chi connectivity index (χ0v) is 18.7. The first-order valence-electron chi connectivity index (χ1n) is 10.2. The van der Waals surface area contributed by atoms with Crippen LogP contribution in [0.4, 0.5) is 0 Å². The van der Waals surface area contributed by atoms with Gasteiger partial charge in [-0.3, -0.25) is 24.0 Å². The van der Waals surface area contributed by atoms with Gasteiger partial charge in [0.05, 0.1) is 25.2 Å². The lowest BCUT2D eigenvalue weighted by atomic mass is 10.0. The van der Waals surface area contributed by atoms with Gasteiger partial charge in [0.15, 0.2) is 0 Å². The highest BCUT2D eigenvalue weighted by Gasteiger charge is 2.32. The number of aromatic nitrogens is 2. The van der Waals surface area contributed by atoms with Gasteiger partial charge in [-0.15, -0.1) is 0 Å². The van der Waals surface area contributed by atoms with Gasteiger partial charge >= 0.3 is 5.97 Å². The topological polar surface area (TPSA) is 265 Å². The Labute approximate surface area is 194 Å². The lowest BCUT2D eigenvalue weighted by Crippen LogP contribution is -2.59. The smallest absolute Gasteiger partial charge is 0.326 e. The Balaban J connectivity index is 2.96. The fourth-order valence-corrected chi connectivity index (χ4v) is 2.87. The molecule has 0 aliphatic rings. The SMILES string of the molecule is CC(C)C(NC(=O)C(N)CC(N)=O)C(=O)NC(CC(N)=O)C(=O)NC(Cc1cnc[nH]1)C(=O)O. The predicted octanol–water partition coefficient (Wildman–Crippen LogP) is -3.77. The van der Waals surface area contributed by atoms with E-state index in [1.165, 1.54) is 12.5 Å². The molecule has 4 atom stereocenters. The molecule has 1 aromatic rings. The number of aliphatic carboxylic acids is 1. The van der Waals surface area contributed by atoms with Gasteiger partial charge in [0.1, 0.15) is 18.1 Å². The van der Waals surface area contributed by atoms with E-state index < -0.39 is 78.4 Å². The molecule has 4 unspecified atom stereocenters.